The molecule has 0 aliphatic rings. The van der Waals surface area contributed by atoms with Crippen molar-refractivity contribution >= 4 is 17.9 Å². The Balaban J connectivity index is 4.60. The lowest BCUT2D eigenvalue weighted by Crippen LogP contribution is -2.44. The van der Waals surface area contributed by atoms with Gasteiger partial charge in [-0.05, 0) is 13.1 Å². The third-order valence-corrected chi connectivity index (χ3v) is 3.84. The molecule has 4 N–H and O–H groups in total. The fraction of sp³-hybridized carbons (Fsp3) is 0.812. The largest absolute Gasteiger partial charge is 0.480 e. The van der Waals surface area contributed by atoms with Crippen molar-refractivity contribution in [2.24, 2.45) is 0 Å². The quantitative estimate of drug-likeness (QED) is 0.229. The molecule has 0 saturated heterocycles. The van der Waals surface area contributed by atoms with E-state index < -0.39 is 17.9 Å². The van der Waals surface area contributed by atoms with E-state index in [2.05, 4.69) is 5.32 Å². The first-order chi connectivity index (χ1) is 12.3. The Kier molecular flexibility index (Phi) is 13.5. The van der Waals surface area contributed by atoms with Crippen LogP contribution in [0.25, 0.3) is 0 Å². The van der Waals surface area contributed by atoms with Gasteiger partial charge in [0.05, 0.1) is 19.6 Å². The maximum absolute atomic E-state index is 11.1. The number of hydrogen-bond acceptors (Lipinski definition) is 7. The summed E-state index contributed by atoms with van der Waals surface area (Å²) in [6.07, 6.45) is 0. The van der Waals surface area contributed by atoms with Gasteiger partial charge in [0.2, 0.25) is 0 Å². The van der Waals surface area contributed by atoms with Crippen LogP contribution in [0, 0.1) is 0 Å². The van der Waals surface area contributed by atoms with Gasteiger partial charge in [0, 0.05) is 39.3 Å². The predicted octanol–water partition coefficient (Wildman–Crippen LogP) is -1.22. The second-order valence-electron chi connectivity index (χ2n) is 5.96. The summed E-state index contributed by atoms with van der Waals surface area (Å²) in [6, 6.07) is 0. The Bertz CT molecular complexity index is 435. The van der Waals surface area contributed by atoms with Crippen molar-refractivity contribution in [1.82, 2.24) is 20.0 Å². The maximum atomic E-state index is 11.1. The van der Waals surface area contributed by atoms with Crippen molar-refractivity contribution in [2.45, 2.75) is 13.8 Å². The molecule has 26 heavy (non-hydrogen) atoms. The van der Waals surface area contributed by atoms with Crippen LogP contribution in [0.3, 0.4) is 0 Å². The molecule has 0 saturated carbocycles. The summed E-state index contributed by atoms with van der Waals surface area (Å²) in [5, 5.41) is 30.1. The number of carboxylic acid groups (broad SMARTS) is 3. The number of nitrogens with one attached hydrogen (secondary N) is 1. The van der Waals surface area contributed by atoms with E-state index in [9.17, 15) is 14.4 Å². The Labute approximate surface area is 154 Å². The summed E-state index contributed by atoms with van der Waals surface area (Å²) in [5.74, 6) is -2.82. The van der Waals surface area contributed by atoms with Crippen LogP contribution in [-0.4, -0.2) is 120 Å². The standard InChI is InChI=1S/C16H32N4O6/c1-3-17-5-6-19(12-15(23)24)9-10-20(13-16(25)26)8-7-18(4-2)11-14(21)22/h17H,3-13H2,1-2H3,(H,21,22)(H,23,24)(H,25,26). The number of rotatable bonds is 17. The third kappa shape index (κ3) is 13.5. The Morgan fingerprint density at radius 2 is 1.08 bits per heavy atom. The second kappa shape index (κ2) is 14.4. The van der Waals surface area contributed by atoms with E-state index in [4.69, 9.17) is 15.3 Å². The molecule has 0 aromatic heterocycles. The SMILES string of the molecule is CCNCCN(CCN(CCN(CC)CC(=O)O)CC(=O)O)CC(=O)O. The van der Waals surface area contributed by atoms with Crippen LogP contribution < -0.4 is 5.32 Å². The molecule has 0 rings (SSSR count). The van der Waals surface area contributed by atoms with Crippen LogP contribution in [0.4, 0.5) is 0 Å². The highest BCUT2D eigenvalue weighted by Crippen LogP contribution is 1.96. The first kappa shape index (κ1) is 24.2. The van der Waals surface area contributed by atoms with Gasteiger partial charge in [-0.1, -0.05) is 13.8 Å². The Hall–Kier alpha value is -1.75. The monoisotopic (exact) mass is 376 g/mol. The van der Waals surface area contributed by atoms with Gasteiger partial charge in [0.15, 0.2) is 0 Å². The minimum absolute atomic E-state index is 0.0920. The van der Waals surface area contributed by atoms with Crippen LogP contribution >= 0.6 is 0 Å². The molecule has 0 atom stereocenters. The molecule has 0 unspecified atom stereocenters. The van der Waals surface area contributed by atoms with Crippen molar-refractivity contribution in [3.05, 3.63) is 0 Å². The molecule has 0 fully saturated rings. The molecule has 0 spiro atoms. The zero-order valence-corrected chi connectivity index (χ0v) is 15.7. The Morgan fingerprint density at radius 1 is 0.692 bits per heavy atom. The van der Waals surface area contributed by atoms with Crippen molar-refractivity contribution < 1.29 is 29.7 Å². The number of likely N-dealkylation sites (N-methyl/N-ethyl adjacent to an activating group) is 2. The molecule has 0 heterocycles. The summed E-state index contributed by atoms with van der Waals surface area (Å²) in [6.45, 7) is 7.68. The minimum Gasteiger partial charge on any atom is -0.480 e. The summed E-state index contributed by atoms with van der Waals surface area (Å²) in [5.41, 5.74) is 0. The van der Waals surface area contributed by atoms with Gasteiger partial charge < -0.3 is 20.6 Å². The molecule has 0 bridgehead atoms. The normalized spacial score (nSPS) is 11.4. The van der Waals surface area contributed by atoms with Crippen LogP contribution in [0.1, 0.15) is 13.8 Å². The first-order valence-electron chi connectivity index (χ1n) is 8.81. The highest BCUT2D eigenvalue weighted by Gasteiger charge is 2.16. The smallest absolute Gasteiger partial charge is 0.317 e. The fourth-order valence-corrected chi connectivity index (χ4v) is 2.44. The molecule has 0 aromatic rings. The average molecular weight is 376 g/mol. The summed E-state index contributed by atoms with van der Waals surface area (Å²) in [7, 11) is 0. The van der Waals surface area contributed by atoms with Gasteiger partial charge >= 0.3 is 17.9 Å². The van der Waals surface area contributed by atoms with E-state index in [0.29, 0.717) is 45.8 Å². The van der Waals surface area contributed by atoms with E-state index in [-0.39, 0.29) is 19.6 Å². The topological polar surface area (TPSA) is 134 Å². The summed E-state index contributed by atoms with van der Waals surface area (Å²) >= 11 is 0. The number of nitrogens with zero attached hydrogens (tertiary/aromatic N) is 3. The maximum Gasteiger partial charge on any atom is 0.317 e. The molecule has 10 heteroatoms. The van der Waals surface area contributed by atoms with E-state index in [1.54, 1.807) is 14.7 Å². The molecular weight excluding hydrogens is 344 g/mol. The molecule has 0 aromatic carbocycles. The molecule has 0 amide bonds. The zero-order chi connectivity index (χ0) is 19.9. The van der Waals surface area contributed by atoms with Crippen LogP contribution in [-0.2, 0) is 14.4 Å². The lowest BCUT2D eigenvalue weighted by Gasteiger charge is -2.28. The number of carbonyl (C=O) groups is 3. The van der Waals surface area contributed by atoms with Crippen molar-refractivity contribution in [2.75, 3.05) is 72.0 Å². The lowest BCUT2D eigenvalue weighted by atomic mass is 10.3. The van der Waals surface area contributed by atoms with Gasteiger partial charge in [-0.15, -0.1) is 0 Å². The predicted molar refractivity (Wildman–Crippen MR) is 96.4 cm³/mol. The summed E-state index contributed by atoms with van der Waals surface area (Å²) in [4.78, 5) is 38.1. The lowest BCUT2D eigenvalue weighted by molar-refractivity contribution is -0.140. The minimum atomic E-state index is -0.969. The van der Waals surface area contributed by atoms with Crippen LogP contribution in [0.15, 0.2) is 0 Å². The fourth-order valence-electron chi connectivity index (χ4n) is 2.44. The molecule has 0 radical (unpaired) electrons. The van der Waals surface area contributed by atoms with Gasteiger partial charge in [-0.3, -0.25) is 29.1 Å². The zero-order valence-electron chi connectivity index (χ0n) is 15.7. The average Bonchev–Trinajstić information content (AvgIpc) is 2.54. The first-order valence-corrected chi connectivity index (χ1v) is 8.81. The molecule has 152 valence electrons. The van der Waals surface area contributed by atoms with Crippen LogP contribution in [0.5, 0.6) is 0 Å². The molecule has 10 nitrogen and oxygen atoms in total. The highest BCUT2D eigenvalue weighted by atomic mass is 16.4. The van der Waals surface area contributed by atoms with E-state index >= 15 is 0 Å². The Morgan fingerprint density at radius 3 is 1.46 bits per heavy atom. The summed E-state index contributed by atoms with van der Waals surface area (Å²) < 4.78 is 0. The third-order valence-electron chi connectivity index (χ3n) is 3.84. The van der Waals surface area contributed by atoms with Gasteiger partial charge in [0.25, 0.3) is 0 Å². The second-order valence-corrected chi connectivity index (χ2v) is 5.96. The van der Waals surface area contributed by atoms with Crippen LogP contribution in [0.2, 0.25) is 0 Å². The van der Waals surface area contributed by atoms with Gasteiger partial charge in [-0.25, -0.2) is 0 Å². The highest BCUT2D eigenvalue weighted by molar-refractivity contribution is 5.69. The van der Waals surface area contributed by atoms with Crippen molar-refractivity contribution in [3.63, 3.8) is 0 Å². The number of aliphatic carboxylic acids is 3. The van der Waals surface area contributed by atoms with Gasteiger partial charge in [-0.2, -0.15) is 0 Å². The number of carboxylic acids is 3. The number of hydrogen-bond donors (Lipinski definition) is 4. The molecule has 0 aliphatic heterocycles. The van der Waals surface area contributed by atoms with Gasteiger partial charge in [0.1, 0.15) is 0 Å². The van der Waals surface area contributed by atoms with E-state index in [1.807, 2.05) is 13.8 Å². The van der Waals surface area contributed by atoms with Crippen molar-refractivity contribution in [3.8, 4) is 0 Å². The van der Waals surface area contributed by atoms with Crippen molar-refractivity contribution in [1.29, 1.82) is 0 Å². The van der Waals surface area contributed by atoms with E-state index in [1.165, 1.54) is 0 Å². The molecule has 0 aliphatic carbocycles. The van der Waals surface area contributed by atoms with E-state index in [0.717, 1.165) is 6.54 Å². The molecular formula is C16H32N4O6.